The fraction of sp³-hybridized carbons (Fsp3) is 0.538. The lowest BCUT2D eigenvalue weighted by molar-refractivity contribution is 0.607. The Kier molecular flexibility index (Phi) is 9.76. The molecule has 0 saturated heterocycles. The van der Waals surface area contributed by atoms with Gasteiger partial charge in [-0.3, -0.25) is 4.72 Å². The second-order valence-electron chi connectivity index (χ2n) is 3.19. The van der Waals surface area contributed by atoms with Crippen molar-refractivity contribution in [3.63, 3.8) is 0 Å². The summed E-state index contributed by atoms with van der Waals surface area (Å²) in [6, 6.07) is 5.65. The molecule has 0 atom stereocenters. The molecule has 0 saturated carbocycles. The maximum Gasteiger partial charge on any atom is 0.229 e. The van der Waals surface area contributed by atoms with E-state index in [-0.39, 0.29) is 0 Å². The highest BCUT2D eigenvalue weighted by molar-refractivity contribution is 7.92. The summed E-state index contributed by atoms with van der Waals surface area (Å²) < 4.78 is 24.4. The van der Waals surface area contributed by atoms with Crippen molar-refractivity contribution in [2.75, 3.05) is 11.0 Å². The molecule has 1 aromatic carbocycles. The van der Waals surface area contributed by atoms with Crippen LogP contribution in [0.25, 0.3) is 0 Å². The predicted molar refractivity (Wildman–Crippen MR) is 77.1 cm³/mol. The number of sulfonamides is 1. The van der Waals surface area contributed by atoms with Crippen molar-refractivity contribution >= 4 is 15.7 Å². The lowest BCUT2D eigenvalue weighted by Gasteiger charge is -2.07. The van der Waals surface area contributed by atoms with Gasteiger partial charge in [0.2, 0.25) is 10.0 Å². The van der Waals surface area contributed by atoms with E-state index in [4.69, 9.17) is 0 Å². The molecule has 0 radical (unpaired) electrons. The van der Waals surface area contributed by atoms with Crippen LogP contribution >= 0.6 is 0 Å². The molecule has 4 heteroatoms. The Labute approximate surface area is 106 Å². The minimum Gasteiger partial charge on any atom is -0.284 e. The molecule has 0 aliphatic heterocycles. The van der Waals surface area contributed by atoms with Crippen LogP contribution in [0.5, 0.6) is 0 Å². The van der Waals surface area contributed by atoms with Gasteiger partial charge < -0.3 is 0 Å². The molecule has 100 valence electrons. The van der Waals surface area contributed by atoms with Crippen LogP contribution in [0, 0.1) is 13.8 Å². The highest BCUT2D eigenvalue weighted by Crippen LogP contribution is 2.16. The molecule has 0 unspecified atom stereocenters. The van der Waals surface area contributed by atoms with Gasteiger partial charge in [0.15, 0.2) is 0 Å². The normalized spacial score (nSPS) is 9.35. The molecule has 1 rings (SSSR count). The molecule has 3 nitrogen and oxygen atoms in total. The van der Waals surface area contributed by atoms with Gasteiger partial charge in [-0.25, -0.2) is 8.42 Å². The Morgan fingerprint density at radius 2 is 1.47 bits per heavy atom. The third kappa shape index (κ3) is 8.74. The molecular weight excluding hydrogens is 234 g/mol. The van der Waals surface area contributed by atoms with Crippen molar-refractivity contribution in [3.05, 3.63) is 29.3 Å². The van der Waals surface area contributed by atoms with Crippen molar-refractivity contribution in [1.82, 2.24) is 0 Å². The standard InChI is InChI=1S/C9H13NO2S.2C2H6/c1-7-4-5-8(2)9(6-7)10-13(3,11)12;2*1-2/h4-6,10H,1-3H3;2*1-2H3. The number of hydrogen-bond acceptors (Lipinski definition) is 2. The van der Waals surface area contributed by atoms with E-state index in [2.05, 4.69) is 4.72 Å². The van der Waals surface area contributed by atoms with Crippen LogP contribution < -0.4 is 4.72 Å². The van der Waals surface area contributed by atoms with Gasteiger partial charge >= 0.3 is 0 Å². The molecular formula is C13H25NO2S. The van der Waals surface area contributed by atoms with E-state index in [1.807, 2.05) is 59.7 Å². The Balaban J connectivity index is 0. The summed E-state index contributed by atoms with van der Waals surface area (Å²) >= 11 is 0. The molecule has 0 aliphatic carbocycles. The summed E-state index contributed by atoms with van der Waals surface area (Å²) in [7, 11) is -3.17. The van der Waals surface area contributed by atoms with Crippen molar-refractivity contribution in [3.8, 4) is 0 Å². The smallest absolute Gasteiger partial charge is 0.229 e. The van der Waals surface area contributed by atoms with Crippen molar-refractivity contribution in [1.29, 1.82) is 0 Å². The number of rotatable bonds is 2. The van der Waals surface area contributed by atoms with E-state index in [0.717, 1.165) is 17.4 Å². The first-order valence-electron chi connectivity index (χ1n) is 5.93. The molecule has 1 N–H and O–H groups in total. The third-order valence-corrected chi connectivity index (χ3v) is 2.28. The van der Waals surface area contributed by atoms with Gasteiger partial charge in [0.1, 0.15) is 0 Å². The number of aryl methyl sites for hydroxylation is 2. The SMILES string of the molecule is CC.CC.Cc1ccc(C)c(NS(C)(=O)=O)c1. The lowest BCUT2D eigenvalue weighted by atomic mass is 10.1. The van der Waals surface area contributed by atoms with Crippen LogP contribution in [0.3, 0.4) is 0 Å². The van der Waals surface area contributed by atoms with E-state index in [1.165, 1.54) is 0 Å². The number of nitrogens with one attached hydrogen (secondary N) is 1. The highest BCUT2D eigenvalue weighted by Gasteiger charge is 2.04. The van der Waals surface area contributed by atoms with E-state index in [1.54, 1.807) is 0 Å². The Morgan fingerprint density at radius 3 is 1.88 bits per heavy atom. The van der Waals surface area contributed by atoms with Crippen molar-refractivity contribution in [2.45, 2.75) is 41.5 Å². The largest absolute Gasteiger partial charge is 0.284 e. The molecule has 0 fully saturated rings. The Bertz CT molecular complexity index is 411. The van der Waals surface area contributed by atoms with Gasteiger partial charge in [-0.15, -0.1) is 0 Å². The van der Waals surface area contributed by atoms with Crippen LogP contribution in [-0.2, 0) is 10.0 Å². The second kappa shape index (κ2) is 9.05. The average molecular weight is 259 g/mol. The molecule has 0 amide bonds. The first-order valence-corrected chi connectivity index (χ1v) is 7.83. The van der Waals surface area contributed by atoms with Gasteiger partial charge in [-0.1, -0.05) is 39.8 Å². The highest BCUT2D eigenvalue weighted by atomic mass is 32.2. The quantitative estimate of drug-likeness (QED) is 0.879. The van der Waals surface area contributed by atoms with Crippen LogP contribution in [0.15, 0.2) is 18.2 Å². The fourth-order valence-electron chi connectivity index (χ4n) is 1.05. The Morgan fingerprint density at radius 1 is 1.00 bits per heavy atom. The summed E-state index contributed by atoms with van der Waals surface area (Å²) in [5.41, 5.74) is 2.62. The van der Waals surface area contributed by atoms with Gasteiger partial charge in [0, 0.05) is 0 Å². The van der Waals surface area contributed by atoms with Crippen LogP contribution in [0.2, 0.25) is 0 Å². The number of benzene rings is 1. The predicted octanol–water partition coefficient (Wildman–Crippen LogP) is 3.73. The molecule has 17 heavy (non-hydrogen) atoms. The first-order chi connectivity index (χ1) is 7.88. The zero-order valence-electron chi connectivity index (χ0n) is 12.0. The van der Waals surface area contributed by atoms with E-state index >= 15 is 0 Å². The summed E-state index contributed by atoms with van der Waals surface area (Å²) in [6.45, 7) is 11.8. The maximum atomic E-state index is 11.0. The zero-order valence-corrected chi connectivity index (χ0v) is 12.8. The third-order valence-electron chi connectivity index (χ3n) is 1.69. The number of anilines is 1. The van der Waals surface area contributed by atoms with Gasteiger partial charge in [0.05, 0.1) is 11.9 Å². The number of hydrogen-bond donors (Lipinski definition) is 1. The molecule has 0 aliphatic rings. The molecule has 0 spiro atoms. The molecule has 0 aromatic heterocycles. The molecule has 0 bridgehead atoms. The summed E-state index contributed by atoms with van der Waals surface area (Å²) in [4.78, 5) is 0. The summed E-state index contributed by atoms with van der Waals surface area (Å²) in [5.74, 6) is 0. The Hall–Kier alpha value is -1.03. The second-order valence-corrected chi connectivity index (χ2v) is 4.94. The van der Waals surface area contributed by atoms with Crippen molar-refractivity contribution in [2.24, 2.45) is 0 Å². The van der Waals surface area contributed by atoms with Crippen LogP contribution in [0.1, 0.15) is 38.8 Å². The molecule has 1 aromatic rings. The van der Waals surface area contributed by atoms with Gasteiger partial charge in [0.25, 0.3) is 0 Å². The van der Waals surface area contributed by atoms with E-state index in [0.29, 0.717) is 5.69 Å². The topological polar surface area (TPSA) is 46.2 Å². The minimum atomic E-state index is -3.17. The maximum absolute atomic E-state index is 11.0. The van der Waals surface area contributed by atoms with Crippen molar-refractivity contribution < 1.29 is 8.42 Å². The van der Waals surface area contributed by atoms with Gasteiger partial charge in [-0.2, -0.15) is 0 Å². The van der Waals surface area contributed by atoms with E-state index < -0.39 is 10.0 Å². The monoisotopic (exact) mass is 259 g/mol. The van der Waals surface area contributed by atoms with Gasteiger partial charge in [-0.05, 0) is 31.0 Å². The van der Waals surface area contributed by atoms with Crippen LogP contribution in [0.4, 0.5) is 5.69 Å². The average Bonchev–Trinajstić information content (AvgIpc) is 2.27. The zero-order chi connectivity index (χ0) is 14.1. The van der Waals surface area contributed by atoms with Crippen LogP contribution in [-0.4, -0.2) is 14.7 Å². The lowest BCUT2D eigenvalue weighted by Crippen LogP contribution is -2.10. The van der Waals surface area contributed by atoms with E-state index in [9.17, 15) is 8.42 Å². The summed E-state index contributed by atoms with van der Waals surface area (Å²) in [5, 5.41) is 0. The fourth-order valence-corrected chi connectivity index (χ4v) is 1.66. The minimum absolute atomic E-state index is 0.655. The first kappa shape index (κ1) is 18.3. The molecule has 0 heterocycles. The summed E-state index contributed by atoms with van der Waals surface area (Å²) in [6.07, 6.45) is 1.15.